The fourth-order valence-electron chi connectivity index (χ4n) is 2.40. The van der Waals surface area contributed by atoms with Crippen molar-refractivity contribution in [2.45, 2.75) is 26.8 Å². The first-order valence-electron chi connectivity index (χ1n) is 5.94. The summed E-state index contributed by atoms with van der Waals surface area (Å²) >= 11 is 3.49. The molecule has 0 saturated carbocycles. The molecule has 1 aromatic carbocycles. The lowest BCUT2D eigenvalue weighted by Crippen LogP contribution is -2.17. The van der Waals surface area contributed by atoms with Crippen LogP contribution in [0.3, 0.4) is 0 Å². The van der Waals surface area contributed by atoms with Crippen molar-refractivity contribution in [3.8, 4) is 0 Å². The van der Waals surface area contributed by atoms with E-state index in [9.17, 15) is 4.79 Å². The van der Waals surface area contributed by atoms with Crippen LogP contribution in [0.1, 0.15) is 29.9 Å². The minimum absolute atomic E-state index is 0.0719. The molecular formula is C15H16BrNO. The van der Waals surface area contributed by atoms with Gasteiger partial charge in [0.25, 0.3) is 0 Å². The molecule has 2 rings (SSSR count). The molecule has 1 unspecified atom stereocenters. The Balaban J connectivity index is 2.52. The molecule has 1 atom stereocenters. The average Bonchev–Trinajstić information content (AvgIpc) is 2.27. The van der Waals surface area contributed by atoms with Gasteiger partial charge in [-0.3, -0.25) is 4.79 Å². The fraction of sp³-hybridized carbons (Fsp3) is 0.267. The molecule has 0 radical (unpaired) electrons. The molecule has 94 valence electrons. The van der Waals surface area contributed by atoms with Crippen molar-refractivity contribution in [2.24, 2.45) is 0 Å². The highest BCUT2D eigenvalue weighted by molar-refractivity contribution is 9.10. The van der Waals surface area contributed by atoms with Crippen molar-refractivity contribution in [1.29, 1.82) is 0 Å². The Kier molecular flexibility index (Phi) is 3.71. The van der Waals surface area contributed by atoms with Gasteiger partial charge in [-0.15, -0.1) is 0 Å². The number of benzene rings is 1. The lowest BCUT2D eigenvalue weighted by atomic mass is 10.1. The molecule has 0 N–H and O–H groups in total. The Hall–Kier alpha value is -1.35. The summed E-state index contributed by atoms with van der Waals surface area (Å²) in [5.74, 6) is 0. The minimum atomic E-state index is 0.0719. The third-order valence-electron chi connectivity index (χ3n) is 3.18. The predicted molar refractivity (Wildman–Crippen MR) is 78.1 cm³/mol. The highest BCUT2D eigenvalue weighted by Crippen LogP contribution is 2.23. The number of pyridine rings is 1. The summed E-state index contributed by atoms with van der Waals surface area (Å²) in [5, 5.41) is 0. The summed E-state index contributed by atoms with van der Waals surface area (Å²) in [6.45, 7) is 6.10. The monoisotopic (exact) mass is 305 g/mol. The molecule has 0 fully saturated rings. The summed E-state index contributed by atoms with van der Waals surface area (Å²) in [6, 6.07) is 11.8. The second-order valence-corrected chi connectivity index (χ2v) is 5.49. The van der Waals surface area contributed by atoms with Crippen LogP contribution >= 0.6 is 15.9 Å². The van der Waals surface area contributed by atoms with Crippen molar-refractivity contribution in [3.63, 3.8) is 0 Å². The van der Waals surface area contributed by atoms with Gasteiger partial charge >= 0.3 is 0 Å². The van der Waals surface area contributed by atoms with E-state index in [1.165, 1.54) is 5.56 Å². The van der Waals surface area contributed by atoms with Crippen LogP contribution in [0.4, 0.5) is 0 Å². The van der Waals surface area contributed by atoms with E-state index in [0.29, 0.717) is 0 Å². The van der Waals surface area contributed by atoms with Crippen LogP contribution < -0.4 is 5.43 Å². The van der Waals surface area contributed by atoms with Gasteiger partial charge in [-0.2, -0.15) is 0 Å². The van der Waals surface area contributed by atoms with Crippen LogP contribution in [0.5, 0.6) is 0 Å². The van der Waals surface area contributed by atoms with E-state index in [4.69, 9.17) is 0 Å². The topological polar surface area (TPSA) is 22.0 Å². The van der Waals surface area contributed by atoms with Crippen LogP contribution in [0.2, 0.25) is 0 Å². The van der Waals surface area contributed by atoms with Crippen molar-refractivity contribution >= 4 is 15.9 Å². The van der Waals surface area contributed by atoms with E-state index in [1.54, 1.807) is 12.1 Å². The predicted octanol–water partition coefficient (Wildman–Crippen LogP) is 3.84. The van der Waals surface area contributed by atoms with E-state index in [-0.39, 0.29) is 11.5 Å². The largest absolute Gasteiger partial charge is 0.342 e. The van der Waals surface area contributed by atoms with Gasteiger partial charge in [-0.25, -0.2) is 0 Å². The van der Waals surface area contributed by atoms with Crippen molar-refractivity contribution < 1.29 is 0 Å². The zero-order valence-corrected chi connectivity index (χ0v) is 12.4. The smallest absolute Gasteiger partial charge is 0.182 e. The molecule has 18 heavy (non-hydrogen) atoms. The first-order valence-corrected chi connectivity index (χ1v) is 6.73. The first-order chi connectivity index (χ1) is 8.49. The van der Waals surface area contributed by atoms with Crippen molar-refractivity contribution in [1.82, 2.24) is 4.57 Å². The molecule has 3 heteroatoms. The molecule has 0 aliphatic carbocycles. The molecule has 0 bridgehead atoms. The van der Waals surface area contributed by atoms with E-state index < -0.39 is 0 Å². The lowest BCUT2D eigenvalue weighted by Gasteiger charge is -2.22. The van der Waals surface area contributed by atoms with E-state index in [0.717, 1.165) is 15.9 Å². The summed E-state index contributed by atoms with van der Waals surface area (Å²) in [4.78, 5) is 11.5. The van der Waals surface area contributed by atoms with Crippen molar-refractivity contribution in [2.75, 3.05) is 0 Å². The van der Waals surface area contributed by atoms with Gasteiger partial charge in [0.05, 0.1) is 6.04 Å². The Labute approximate surface area is 115 Å². The second-order valence-electron chi connectivity index (χ2n) is 4.57. The highest BCUT2D eigenvalue weighted by Gasteiger charge is 2.11. The first kappa shape index (κ1) is 13.1. The number of rotatable bonds is 2. The minimum Gasteiger partial charge on any atom is -0.342 e. The van der Waals surface area contributed by atoms with E-state index in [1.807, 2.05) is 26.0 Å². The van der Waals surface area contributed by atoms with Gasteiger partial charge in [-0.05, 0) is 38.5 Å². The maximum atomic E-state index is 11.5. The van der Waals surface area contributed by atoms with Gasteiger partial charge in [0.1, 0.15) is 0 Å². The third-order valence-corrected chi connectivity index (χ3v) is 3.67. The summed E-state index contributed by atoms with van der Waals surface area (Å²) in [6.07, 6.45) is 0. The lowest BCUT2D eigenvalue weighted by molar-refractivity contribution is 0.597. The number of aryl methyl sites for hydroxylation is 2. The molecular weight excluding hydrogens is 290 g/mol. The van der Waals surface area contributed by atoms with Gasteiger partial charge in [0.2, 0.25) is 0 Å². The Morgan fingerprint density at radius 1 is 1.11 bits per heavy atom. The maximum Gasteiger partial charge on any atom is 0.182 e. The number of hydrogen-bond acceptors (Lipinski definition) is 1. The van der Waals surface area contributed by atoms with Gasteiger partial charge in [0, 0.05) is 28.0 Å². The van der Waals surface area contributed by atoms with Crippen LogP contribution in [-0.2, 0) is 0 Å². The van der Waals surface area contributed by atoms with Crippen LogP contribution in [0, 0.1) is 13.8 Å². The normalized spacial score (nSPS) is 12.4. The Bertz CT molecular complexity index is 604. The third kappa shape index (κ3) is 2.56. The van der Waals surface area contributed by atoms with Gasteiger partial charge in [-0.1, -0.05) is 28.1 Å². The zero-order chi connectivity index (χ0) is 13.3. The summed E-state index contributed by atoms with van der Waals surface area (Å²) < 4.78 is 3.26. The molecule has 0 spiro atoms. The number of halogens is 1. The molecule has 0 amide bonds. The average molecular weight is 306 g/mol. The van der Waals surface area contributed by atoms with Gasteiger partial charge < -0.3 is 4.57 Å². The molecule has 1 aromatic heterocycles. The standard InChI is InChI=1S/C15H16BrNO/c1-10-7-15(18)8-11(2)17(10)12(3)13-5-4-6-14(16)9-13/h4-9,12H,1-3H3. The molecule has 2 nitrogen and oxygen atoms in total. The highest BCUT2D eigenvalue weighted by atomic mass is 79.9. The fourth-order valence-corrected chi connectivity index (χ4v) is 2.81. The quantitative estimate of drug-likeness (QED) is 0.826. The van der Waals surface area contributed by atoms with Crippen LogP contribution in [0.15, 0.2) is 45.7 Å². The van der Waals surface area contributed by atoms with Crippen molar-refractivity contribution in [3.05, 3.63) is 68.0 Å². The second kappa shape index (κ2) is 5.11. The SMILES string of the molecule is Cc1cc(=O)cc(C)n1C(C)c1cccc(Br)c1. The molecule has 2 aromatic rings. The van der Waals surface area contributed by atoms with Crippen LogP contribution in [0.25, 0.3) is 0 Å². The molecule has 0 aliphatic rings. The van der Waals surface area contributed by atoms with E-state index >= 15 is 0 Å². The Morgan fingerprint density at radius 2 is 1.72 bits per heavy atom. The zero-order valence-electron chi connectivity index (χ0n) is 10.8. The number of hydrogen-bond donors (Lipinski definition) is 0. The maximum absolute atomic E-state index is 11.5. The molecule has 1 heterocycles. The molecule has 0 saturated heterocycles. The summed E-state index contributed by atoms with van der Waals surface area (Å²) in [7, 11) is 0. The molecule has 0 aliphatic heterocycles. The summed E-state index contributed by atoms with van der Waals surface area (Å²) in [5.41, 5.74) is 3.28. The number of aromatic nitrogens is 1. The van der Waals surface area contributed by atoms with Crippen LogP contribution in [-0.4, -0.2) is 4.57 Å². The number of nitrogens with zero attached hydrogens (tertiary/aromatic N) is 1. The van der Waals surface area contributed by atoms with Gasteiger partial charge in [0.15, 0.2) is 5.43 Å². The van der Waals surface area contributed by atoms with E-state index in [2.05, 4.69) is 39.6 Å². The Morgan fingerprint density at radius 3 is 2.28 bits per heavy atom.